The number of rotatable bonds is 8. The largest absolute Gasteiger partial charge is 0.453 e. The van der Waals surface area contributed by atoms with Crippen LogP contribution in [0.4, 0.5) is 20.2 Å². The molecule has 40 heavy (non-hydrogen) atoms. The minimum atomic E-state index is -1.26. The molecule has 0 radical (unpaired) electrons. The van der Waals surface area contributed by atoms with Crippen LogP contribution in [0.1, 0.15) is 18.5 Å². The standard InChI is InChI=1S/C29H22F2N6O3/c30-18-1-3-19(4-2-18)35-27(38)29(8-9-29)28(39)36-20-5-6-26(23(31)13-20)40-25-7-10-33-24-14-21(34-15-22(24)25)16-37-12-11-32-17-37/h1-7,10-15,17H,8-9,16H2,(H,35,38)(H,36,39). The number of amides is 2. The second kappa shape index (κ2) is 10.2. The van der Waals surface area contributed by atoms with E-state index in [0.717, 1.165) is 11.8 Å². The van der Waals surface area contributed by atoms with Crippen molar-refractivity contribution in [3.8, 4) is 11.5 Å². The number of fused-ring (bicyclic) bond motifs is 1. The average molecular weight is 541 g/mol. The molecule has 0 spiro atoms. The first kappa shape index (κ1) is 25.1. The van der Waals surface area contributed by atoms with Gasteiger partial charge < -0.3 is 19.9 Å². The summed E-state index contributed by atoms with van der Waals surface area (Å²) in [5.74, 6) is -1.86. The number of aromatic nitrogens is 4. The molecule has 0 aliphatic heterocycles. The van der Waals surface area contributed by atoms with Gasteiger partial charge in [0.2, 0.25) is 11.8 Å². The van der Waals surface area contributed by atoms with Crippen LogP contribution in [-0.4, -0.2) is 31.3 Å². The Labute approximate surface area is 226 Å². The molecule has 1 aliphatic carbocycles. The molecule has 6 rings (SSSR count). The second-order valence-corrected chi connectivity index (χ2v) is 9.48. The molecule has 2 amide bonds. The predicted octanol–water partition coefficient (Wildman–Crippen LogP) is 5.30. The Morgan fingerprint density at radius 1 is 0.900 bits per heavy atom. The van der Waals surface area contributed by atoms with Crippen molar-refractivity contribution in [2.45, 2.75) is 19.4 Å². The molecular weight excluding hydrogens is 518 g/mol. The van der Waals surface area contributed by atoms with Crippen molar-refractivity contribution in [1.82, 2.24) is 19.5 Å². The van der Waals surface area contributed by atoms with Gasteiger partial charge in [0.1, 0.15) is 17.0 Å². The maximum absolute atomic E-state index is 15.0. The molecule has 5 aromatic rings. The maximum atomic E-state index is 15.0. The number of pyridine rings is 2. The first-order chi connectivity index (χ1) is 19.4. The van der Waals surface area contributed by atoms with Gasteiger partial charge in [-0.3, -0.25) is 19.6 Å². The Balaban J connectivity index is 1.14. The molecule has 2 aromatic carbocycles. The van der Waals surface area contributed by atoms with Crippen LogP contribution in [0.3, 0.4) is 0 Å². The third-order valence-electron chi connectivity index (χ3n) is 6.68. The third kappa shape index (κ3) is 5.08. The zero-order valence-corrected chi connectivity index (χ0v) is 21.0. The molecule has 3 heterocycles. The molecule has 9 nitrogen and oxygen atoms in total. The average Bonchev–Trinajstić information content (AvgIpc) is 3.62. The molecule has 1 saturated carbocycles. The van der Waals surface area contributed by atoms with Gasteiger partial charge in [-0.1, -0.05) is 0 Å². The number of hydrogen-bond acceptors (Lipinski definition) is 6. The SMILES string of the molecule is O=C(Nc1ccc(F)cc1)C1(C(=O)Nc2ccc(Oc3ccnc4cc(Cn5ccnc5)ncc34)c(F)c2)CC1. The van der Waals surface area contributed by atoms with Crippen LogP contribution in [0.25, 0.3) is 10.9 Å². The molecule has 1 aliphatic rings. The Morgan fingerprint density at radius 2 is 1.65 bits per heavy atom. The van der Waals surface area contributed by atoms with Crippen LogP contribution < -0.4 is 15.4 Å². The molecule has 11 heteroatoms. The monoisotopic (exact) mass is 540 g/mol. The molecular formula is C29H22F2N6O3. The van der Waals surface area contributed by atoms with E-state index in [9.17, 15) is 14.0 Å². The summed E-state index contributed by atoms with van der Waals surface area (Å²) in [6.07, 6.45) is 9.11. The second-order valence-electron chi connectivity index (χ2n) is 9.48. The third-order valence-corrected chi connectivity index (χ3v) is 6.68. The number of anilines is 2. The normalized spacial score (nSPS) is 13.6. The zero-order valence-electron chi connectivity index (χ0n) is 21.0. The molecule has 3 aromatic heterocycles. The number of hydrogen-bond donors (Lipinski definition) is 2. The summed E-state index contributed by atoms with van der Waals surface area (Å²) in [5, 5.41) is 5.87. The van der Waals surface area contributed by atoms with Crippen molar-refractivity contribution in [3.05, 3.63) is 103 Å². The summed E-state index contributed by atoms with van der Waals surface area (Å²) in [6.45, 7) is 0.527. The lowest BCUT2D eigenvalue weighted by Gasteiger charge is -2.16. The van der Waals surface area contributed by atoms with Gasteiger partial charge in [-0.2, -0.15) is 0 Å². The summed E-state index contributed by atoms with van der Waals surface area (Å²) in [7, 11) is 0. The molecule has 0 bridgehead atoms. The van der Waals surface area contributed by atoms with Gasteiger partial charge in [0, 0.05) is 42.2 Å². The molecule has 0 saturated heterocycles. The van der Waals surface area contributed by atoms with Gasteiger partial charge in [-0.05, 0) is 61.4 Å². The van der Waals surface area contributed by atoms with Crippen LogP contribution in [0, 0.1) is 17.0 Å². The van der Waals surface area contributed by atoms with E-state index in [1.165, 1.54) is 36.4 Å². The van der Waals surface area contributed by atoms with Gasteiger partial charge in [-0.25, -0.2) is 13.8 Å². The number of ether oxygens (including phenoxy) is 1. The highest BCUT2D eigenvalue weighted by Crippen LogP contribution is 2.47. The van der Waals surface area contributed by atoms with Crippen LogP contribution in [0.5, 0.6) is 11.5 Å². The van der Waals surface area contributed by atoms with Gasteiger partial charge in [0.25, 0.3) is 0 Å². The summed E-state index contributed by atoms with van der Waals surface area (Å²) < 4.78 is 35.9. The van der Waals surface area contributed by atoms with Gasteiger partial charge in [-0.15, -0.1) is 0 Å². The lowest BCUT2D eigenvalue weighted by atomic mass is 10.0. The number of nitrogens with zero attached hydrogens (tertiary/aromatic N) is 4. The topological polar surface area (TPSA) is 111 Å². The van der Waals surface area contributed by atoms with Crippen LogP contribution >= 0.6 is 0 Å². The van der Waals surface area contributed by atoms with Crippen molar-refractivity contribution in [2.24, 2.45) is 5.41 Å². The first-order valence-electron chi connectivity index (χ1n) is 12.4. The molecule has 0 unspecified atom stereocenters. The van der Waals surface area contributed by atoms with Crippen molar-refractivity contribution in [3.63, 3.8) is 0 Å². The highest BCUT2D eigenvalue weighted by atomic mass is 19.1. The summed E-state index contributed by atoms with van der Waals surface area (Å²) in [6, 6.07) is 12.7. The van der Waals surface area contributed by atoms with Crippen molar-refractivity contribution in [2.75, 3.05) is 10.6 Å². The summed E-state index contributed by atoms with van der Waals surface area (Å²) >= 11 is 0. The highest BCUT2D eigenvalue weighted by Gasteiger charge is 2.56. The summed E-state index contributed by atoms with van der Waals surface area (Å²) in [4.78, 5) is 38.6. The van der Waals surface area contributed by atoms with Crippen molar-refractivity contribution in [1.29, 1.82) is 0 Å². The van der Waals surface area contributed by atoms with Gasteiger partial charge in [0.05, 0.1) is 29.5 Å². The van der Waals surface area contributed by atoms with E-state index < -0.39 is 28.9 Å². The number of benzene rings is 2. The summed E-state index contributed by atoms with van der Waals surface area (Å²) in [5.41, 5.74) is 0.717. The molecule has 200 valence electrons. The van der Waals surface area contributed by atoms with E-state index in [-0.39, 0.29) is 11.4 Å². The lowest BCUT2D eigenvalue weighted by molar-refractivity contribution is -0.131. The first-order valence-corrected chi connectivity index (χ1v) is 12.4. The van der Waals surface area contributed by atoms with Crippen LogP contribution in [0.2, 0.25) is 0 Å². The van der Waals surface area contributed by atoms with E-state index in [1.807, 2.05) is 16.8 Å². The highest BCUT2D eigenvalue weighted by molar-refractivity contribution is 6.16. The molecule has 0 atom stereocenters. The molecule has 1 fully saturated rings. The number of nitrogens with one attached hydrogen (secondary N) is 2. The van der Waals surface area contributed by atoms with E-state index >= 15 is 4.39 Å². The fourth-order valence-electron chi connectivity index (χ4n) is 4.30. The number of halogens is 2. The van der Waals surface area contributed by atoms with E-state index in [1.54, 1.807) is 31.0 Å². The van der Waals surface area contributed by atoms with Crippen LogP contribution in [-0.2, 0) is 16.1 Å². The number of carbonyl (C=O) groups excluding carboxylic acids is 2. The fourth-order valence-corrected chi connectivity index (χ4v) is 4.30. The number of imidazole rings is 1. The quantitative estimate of drug-likeness (QED) is 0.258. The zero-order chi connectivity index (χ0) is 27.7. The Bertz CT molecular complexity index is 1720. The fraction of sp³-hybridized carbons (Fsp3) is 0.138. The lowest BCUT2D eigenvalue weighted by Crippen LogP contribution is -2.35. The van der Waals surface area contributed by atoms with Crippen molar-refractivity contribution >= 4 is 34.1 Å². The van der Waals surface area contributed by atoms with Crippen LogP contribution in [0.15, 0.2) is 85.7 Å². The maximum Gasteiger partial charge on any atom is 0.240 e. The van der Waals surface area contributed by atoms with Gasteiger partial charge >= 0.3 is 0 Å². The van der Waals surface area contributed by atoms with E-state index in [2.05, 4.69) is 25.6 Å². The smallest absolute Gasteiger partial charge is 0.240 e. The number of carbonyl (C=O) groups is 2. The predicted molar refractivity (Wildman–Crippen MR) is 143 cm³/mol. The Kier molecular flexibility index (Phi) is 6.39. The van der Waals surface area contributed by atoms with Gasteiger partial charge in [0.15, 0.2) is 11.6 Å². The Morgan fingerprint density at radius 3 is 2.35 bits per heavy atom. The van der Waals surface area contributed by atoms with Crippen molar-refractivity contribution < 1.29 is 23.1 Å². The van der Waals surface area contributed by atoms with E-state index in [0.29, 0.717) is 41.7 Å². The van der Waals surface area contributed by atoms with E-state index in [4.69, 9.17) is 4.74 Å². The Hall–Kier alpha value is -5.19. The molecule has 2 N–H and O–H groups in total. The minimum absolute atomic E-state index is 0.0526. The minimum Gasteiger partial charge on any atom is -0.453 e.